The first-order chi connectivity index (χ1) is 6.15. The van der Waals surface area contributed by atoms with Gasteiger partial charge >= 0.3 is 0 Å². The van der Waals surface area contributed by atoms with Crippen molar-refractivity contribution in [1.82, 2.24) is 5.16 Å². The van der Waals surface area contributed by atoms with Crippen molar-refractivity contribution in [2.24, 2.45) is 0 Å². The molecular formula is C9H14N2O2. The lowest BCUT2D eigenvalue weighted by atomic mass is 10.2. The molecule has 0 aliphatic carbocycles. The third-order valence-electron chi connectivity index (χ3n) is 1.89. The molecule has 0 saturated carbocycles. The van der Waals surface area contributed by atoms with Gasteiger partial charge in [0, 0.05) is 12.0 Å². The minimum absolute atomic E-state index is 0.0149. The molecule has 0 aromatic carbocycles. The summed E-state index contributed by atoms with van der Waals surface area (Å²) in [5.74, 6) is 1.27. The number of aromatic nitrogens is 1. The lowest BCUT2D eigenvalue weighted by molar-refractivity contribution is -0.116. The molecule has 0 aliphatic rings. The van der Waals surface area contributed by atoms with E-state index in [1.54, 1.807) is 0 Å². The summed E-state index contributed by atoms with van der Waals surface area (Å²) in [6.07, 6.45) is 1.35. The Hall–Kier alpha value is -1.32. The van der Waals surface area contributed by atoms with Gasteiger partial charge in [0.15, 0.2) is 5.82 Å². The van der Waals surface area contributed by atoms with Gasteiger partial charge in [0.1, 0.15) is 5.76 Å². The molecule has 1 heterocycles. The normalized spacial score (nSPS) is 10.1. The summed E-state index contributed by atoms with van der Waals surface area (Å²) in [6.45, 7) is 5.64. The van der Waals surface area contributed by atoms with Crippen molar-refractivity contribution in [3.8, 4) is 0 Å². The molecule has 1 amide bonds. The van der Waals surface area contributed by atoms with Crippen LogP contribution in [0.1, 0.15) is 31.1 Å². The van der Waals surface area contributed by atoms with Crippen molar-refractivity contribution < 1.29 is 9.32 Å². The number of anilines is 1. The molecule has 1 aromatic rings. The van der Waals surface area contributed by atoms with Gasteiger partial charge in [0.2, 0.25) is 5.91 Å². The summed E-state index contributed by atoms with van der Waals surface area (Å²) in [5.41, 5.74) is 0.893. The topological polar surface area (TPSA) is 55.1 Å². The van der Waals surface area contributed by atoms with Crippen LogP contribution in [-0.2, 0) is 4.79 Å². The van der Waals surface area contributed by atoms with Crippen LogP contribution in [0.15, 0.2) is 4.52 Å². The predicted molar refractivity (Wildman–Crippen MR) is 49.5 cm³/mol. The molecular weight excluding hydrogens is 168 g/mol. The van der Waals surface area contributed by atoms with Crippen molar-refractivity contribution in [3.63, 3.8) is 0 Å². The van der Waals surface area contributed by atoms with E-state index in [0.717, 1.165) is 17.7 Å². The highest BCUT2D eigenvalue weighted by molar-refractivity contribution is 5.90. The van der Waals surface area contributed by atoms with E-state index in [-0.39, 0.29) is 5.91 Å². The number of aryl methyl sites for hydroxylation is 1. The molecule has 4 heteroatoms. The quantitative estimate of drug-likeness (QED) is 0.778. The fourth-order valence-electron chi connectivity index (χ4n) is 0.956. The molecule has 13 heavy (non-hydrogen) atoms. The summed E-state index contributed by atoms with van der Waals surface area (Å²) >= 11 is 0. The first-order valence-electron chi connectivity index (χ1n) is 4.38. The SMILES string of the molecule is CCCC(=O)Nc1noc(C)c1C. The summed E-state index contributed by atoms with van der Waals surface area (Å²) in [7, 11) is 0. The molecule has 1 rings (SSSR count). The highest BCUT2D eigenvalue weighted by Gasteiger charge is 2.09. The lowest BCUT2D eigenvalue weighted by Gasteiger charge is -1.99. The Kier molecular flexibility index (Phi) is 3.06. The number of carbonyl (C=O) groups is 1. The first kappa shape index (κ1) is 9.77. The van der Waals surface area contributed by atoms with E-state index in [2.05, 4.69) is 10.5 Å². The Morgan fingerprint density at radius 3 is 2.69 bits per heavy atom. The van der Waals surface area contributed by atoms with E-state index < -0.39 is 0 Å². The second-order valence-electron chi connectivity index (χ2n) is 3.01. The van der Waals surface area contributed by atoms with Gasteiger partial charge in [-0.1, -0.05) is 12.1 Å². The van der Waals surface area contributed by atoms with E-state index in [1.165, 1.54) is 0 Å². The summed E-state index contributed by atoms with van der Waals surface area (Å²) in [4.78, 5) is 11.2. The zero-order chi connectivity index (χ0) is 9.84. The van der Waals surface area contributed by atoms with Gasteiger partial charge in [-0.2, -0.15) is 0 Å². The Labute approximate surface area is 77.3 Å². The van der Waals surface area contributed by atoms with Crippen molar-refractivity contribution in [2.75, 3.05) is 5.32 Å². The molecule has 0 atom stereocenters. The average molecular weight is 182 g/mol. The fraction of sp³-hybridized carbons (Fsp3) is 0.556. The van der Waals surface area contributed by atoms with Crippen LogP contribution in [0.3, 0.4) is 0 Å². The van der Waals surface area contributed by atoms with Gasteiger partial charge in [0.05, 0.1) is 0 Å². The number of nitrogens with one attached hydrogen (secondary N) is 1. The van der Waals surface area contributed by atoms with Crippen LogP contribution in [0.2, 0.25) is 0 Å². The molecule has 0 radical (unpaired) electrons. The Balaban J connectivity index is 2.64. The van der Waals surface area contributed by atoms with Gasteiger partial charge in [-0.05, 0) is 20.3 Å². The Morgan fingerprint density at radius 2 is 2.23 bits per heavy atom. The zero-order valence-corrected chi connectivity index (χ0v) is 8.18. The van der Waals surface area contributed by atoms with E-state index >= 15 is 0 Å². The highest BCUT2D eigenvalue weighted by Crippen LogP contribution is 2.16. The molecule has 0 aliphatic heterocycles. The molecule has 0 saturated heterocycles. The van der Waals surface area contributed by atoms with Gasteiger partial charge in [0.25, 0.3) is 0 Å². The minimum atomic E-state index is -0.0149. The number of carbonyl (C=O) groups excluding carboxylic acids is 1. The van der Waals surface area contributed by atoms with E-state index in [1.807, 2.05) is 20.8 Å². The second kappa shape index (κ2) is 4.07. The largest absolute Gasteiger partial charge is 0.359 e. The number of hydrogen-bond acceptors (Lipinski definition) is 3. The van der Waals surface area contributed by atoms with Gasteiger partial charge in [-0.15, -0.1) is 0 Å². The van der Waals surface area contributed by atoms with Crippen molar-refractivity contribution >= 4 is 11.7 Å². The van der Waals surface area contributed by atoms with Gasteiger partial charge in [-0.25, -0.2) is 0 Å². The van der Waals surface area contributed by atoms with Crippen LogP contribution in [-0.4, -0.2) is 11.1 Å². The fourth-order valence-corrected chi connectivity index (χ4v) is 0.956. The molecule has 72 valence electrons. The number of amides is 1. The summed E-state index contributed by atoms with van der Waals surface area (Å²) < 4.78 is 4.91. The van der Waals surface area contributed by atoms with Gasteiger partial charge in [-0.3, -0.25) is 4.79 Å². The van der Waals surface area contributed by atoms with Crippen LogP contribution in [0.25, 0.3) is 0 Å². The molecule has 0 spiro atoms. The monoisotopic (exact) mass is 182 g/mol. The van der Waals surface area contributed by atoms with Crippen molar-refractivity contribution in [3.05, 3.63) is 11.3 Å². The molecule has 1 N–H and O–H groups in total. The van der Waals surface area contributed by atoms with Crippen molar-refractivity contribution in [1.29, 1.82) is 0 Å². The zero-order valence-electron chi connectivity index (χ0n) is 8.18. The van der Waals surface area contributed by atoms with Crippen LogP contribution in [0.5, 0.6) is 0 Å². The van der Waals surface area contributed by atoms with Crippen LogP contribution < -0.4 is 5.32 Å². The van der Waals surface area contributed by atoms with E-state index in [9.17, 15) is 4.79 Å². The Bertz CT molecular complexity index is 305. The number of nitrogens with zero attached hydrogens (tertiary/aromatic N) is 1. The molecule has 0 bridgehead atoms. The third-order valence-corrected chi connectivity index (χ3v) is 1.89. The van der Waals surface area contributed by atoms with Crippen LogP contribution in [0, 0.1) is 13.8 Å². The van der Waals surface area contributed by atoms with Crippen LogP contribution in [0.4, 0.5) is 5.82 Å². The Morgan fingerprint density at radius 1 is 1.54 bits per heavy atom. The third kappa shape index (κ3) is 2.31. The summed E-state index contributed by atoms with van der Waals surface area (Å²) in [5, 5.41) is 6.42. The lowest BCUT2D eigenvalue weighted by Crippen LogP contribution is -2.11. The average Bonchev–Trinajstić information content (AvgIpc) is 2.37. The summed E-state index contributed by atoms with van der Waals surface area (Å²) in [6, 6.07) is 0. The molecule has 0 unspecified atom stereocenters. The smallest absolute Gasteiger partial charge is 0.225 e. The predicted octanol–water partition coefficient (Wildman–Crippen LogP) is 2.03. The molecule has 1 aromatic heterocycles. The van der Waals surface area contributed by atoms with E-state index in [4.69, 9.17) is 4.52 Å². The van der Waals surface area contributed by atoms with Crippen LogP contribution >= 0.6 is 0 Å². The number of rotatable bonds is 3. The molecule has 0 fully saturated rings. The minimum Gasteiger partial charge on any atom is -0.359 e. The highest BCUT2D eigenvalue weighted by atomic mass is 16.5. The maximum Gasteiger partial charge on any atom is 0.225 e. The maximum atomic E-state index is 11.2. The molecule has 4 nitrogen and oxygen atoms in total. The standard InChI is InChI=1S/C9H14N2O2/c1-4-5-8(12)10-9-6(2)7(3)13-11-9/h4-5H2,1-3H3,(H,10,11,12). The van der Waals surface area contributed by atoms with Gasteiger partial charge < -0.3 is 9.84 Å². The number of hydrogen-bond donors (Lipinski definition) is 1. The maximum absolute atomic E-state index is 11.2. The van der Waals surface area contributed by atoms with E-state index in [0.29, 0.717) is 12.2 Å². The first-order valence-corrected chi connectivity index (χ1v) is 4.38. The van der Waals surface area contributed by atoms with Crippen molar-refractivity contribution in [2.45, 2.75) is 33.6 Å². The second-order valence-corrected chi connectivity index (χ2v) is 3.01.